The van der Waals surface area contributed by atoms with E-state index in [0.29, 0.717) is 40.2 Å². The first-order valence-electron chi connectivity index (χ1n) is 20.9. The molecule has 3 aromatic carbocycles. The van der Waals surface area contributed by atoms with E-state index in [1.807, 2.05) is 59.0 Å². The number of carbonyl (C=O) groups is 3. The van der Waals surface area contributed by atoms with Crippen molar-refractivity contribution in [3.8, 4) is 11.5 Å². The van der Waals surface area contributed by atoms with Crippen LogP contribution in [0, 0.1) is 17.0 Å². The molecule has 1 heterocycles. The first-order valence-corrected chi connectivity index (χ1v) is 26.8. The molecule has 0 fully saturated rings. The highest BCUT2D eigenvalue weighted by Gasteiger charge is 2.25. The van der Waals surface area contributed by atoms with Crippen LogP contribution in [0.4, 0.5) is 23.3 Å². The maximum absolute atomic E-state index is 12.2. The number of carbonyl (C=O) groups excluding carboxylic acids is 2. The van der Waals surface area contributed by atoms with E-state index in [4.69, 9.17) is 65.9 Å². The number of ether oxygens (including phenoxy) is 3. The van der Waals surface area contributed by atoms with Gasteiger partial charge in [-0.3, -0.25) is 25.0 Å². The number of nitro benzene ring substituents is 1. The van der Waals surface area contributed by atoms with Gasteiger partial charge in [0.05, 0.1) is 67.0 Å². The second-order valence-electron chi connectivity index (χ2n) is 15.7. The number of esters is 1. The van der Waals surface area contributed by atoms with E-state index >= 15 is 0 Å². The van der Waals surface area contributed by atoms with Gasteiger partial charge in [0.1, 0.15) is 30.5 Å². The average Bonchev–Trinajstić information content (AvgIpc) is 3.24. The smallest absolute Gasteiger partial charge is 0.345 e. The predicted molar refractivity (Wildman–Crippen MR) is 279 cm³/mol. The summed E-state index contributed by atoms with van der Waals surface area (Å²) in [6.45, 7) is 14.9. The number of nitrogens with zero attached hydrogens (tertiary/aromatic N) is 5. The number of carboxylic acids is 1. The number of rotatable bonds is 17. The first kappa shape index (κ1) is 65.5. The normalized spacial score (nSPS) is 11.8. The van der Waals surface area contributed by atoms with E-state index in [0.717, 1.165) is 43.0 Å². The third-order valence-corrected chi connectivity index (χ3v) is 9.44. The van der Waals surface area contributed by atoms with E-state index in [-0.39, 0.29) is 50.7 Å². The summed E-state index contributed by atoms with van der Waals surface area (Å²) in [5.41, 5.74) is 2.52. The Bertz CT molecular complexity index is 2340. The molecule has 1 amide bonds. The van der Waals surface area contributed by atoms with E-state index in [9.17, 15) is 34.0 Å². The van der Waals surface area contributed by atoms with Gasteiger partial charge in [0.15, 0.2) is 0 Å². The minimum Gasteiger partial charge on any atom is -0.778 e. The number of aromatic nitrogens is 3. The van der Waals surface area contributed by atoms with Gasteiger partial charge in [0.2, 0.25) is 23.1 Å². The van der Waals surface area contributed by atoms with Crippen molar-refractivity contribution in [2.45, 2.75) is 66.5 Å². The lowest BCUT2D eigenvalue weighted by molar-refractivity contribution is -0.385. The lowest BCUT2D eigenvalue weighted by atomic mass is 10.0. The van der Waals surface area contributed by atoms with Gasteiger partial charge in [-0.2, -0.15) is 15.0 Å². The van der Waals surface area contributed by atoms with Crippen molar-refractivity contribution in [2.75, 3.05) is 80.4 Å². The number of halogens is 4. The number of hydrogen-bond donors (Lipinski definition) is 5. The van der Waals surface area contributed by atoms with Gasteiger partial charge >= 0.3 is 11.9 Å². The van der Waals surface area contributed by atoms with Crippen molar-refractivity contribution in [1.29, 1.82) is 0 Å². The van der Waals surface area contributed by atoms with E-state index in [1.165, 1.54) is 18.2 Å². The second kappa shape index (κ2) is 33.2. The maximum atomic E-state index is 12.2. The molecule has 2 atom stereocenters. The summed E-state index contributed by atoms with van der Waals surface area (Å²) in [7, 11) is -0.936. The summed E-state index contributed by atoms with van der Waals surface area (Å²) >= 11 is 23.3. The minimum absolute atomic E-state index is 0.0223. The largest absolute Gasteiger partial charge is 0.778 e. The molecule has 390 valence electrons. The van der Waals surface area contributed by atoms with E-state index in [1.54, 1.807) is 24.1 Å². The van der Waals surface area contributed by atoms with Crippen LogP contribution in [0.5, 0.6) is 11.5 Å². The zero-order valence-corrected chi connectivity index (χ0v) is 45.8. The number of hydrogen-bond acceptors (Lipinski definition) is 16. The number of para-hydroxylation sites is 1. The number of alkyl halides is 1. The summed E-state index contributed by atoms with van der Waals surface area (Å²) in [6.07, 6.45) is 6.75. The van der Waals surface area contributed by atoms with Crippen LogP contribution in [0.2, 0.25) is 15.3 Å². The predicted octanol–water partition coefficient (Wildman–Crippen LogP) is 8.47. The van der Waals surface area contributed by atoms with Crippen molar-refractivity contribution in [2.24, 2.45) is 0 Å². The third-order valence-electron chi connectivity index (χ3n) is 7.88. The molecule has 0 aliphatic rings. The Morgan fingerprint density at radius 1 is 0.986 bits per heavy atom. The molecule has 0 saturated carbocycles. The van der Waals surface area contributed by atoms with Gasteiger partial charge in [-0.1, -0.05) is 48.3 Å². The van der Waals surface area contributed by atoms with Gasteiger partial charge < -0.3 is 49.2 Å². The van der Waals surface area contributed by atoms with E-state index in [2.05, 4.69) is 62.1 Å². The zero-order chi connectivity index (χ0) is 53.9. The maximum Gasteiger partial charge on any atom is 0.345 e. The highest BCUT2D eigenvalue weighted by molar-refractivity contribution is 7.94. The third kappa shape index (κ3) is 27.2. The monoisotopic (exact) mass is 1100 g/mol. The number of aryl methyl sites for hydroxylation is 2. The quantitative estimate of drug-likeness (QED) is 0.0165. The van der Waals surface area contributed by atoms with Crippen molar-refractivity contribution >= 4 is 106 Å². The molecule has 0 radical (unpaired) electrons. The molecule has 0 bridgehead atoms. The van der Waals surface area contributed by atoms with Crippen LogP contribution in [0.15, 0.2) is 54.6 Å². The summed E-state index contributed by atoms with van der Waals surface area (Å²) in [5, 5.41) is 27.9. The van der Waals surface area contributed by atoms with Crippen molar-refractivity contribution < 1.29 is 53.0 Å². The van der Waals surface area contributed by atoms with Gasteiger partial charge in [-0.15, -0.1) is 11.6 Å². The van der Waals surface area contributed by atoms with Crippen LogP contribution in [0.1, 0.15) is 63.0 Å². The summed E-state index contributed by atoms with van der Waals surface area (Å²) in [5.74, 6) is -0.636. The highest BCUT2D eigenvalue weighted by atomic mass is 35.5. The zero-order valence-electron chi connectivity index (χ0n) is 41.1. The topological polar surface area (TPSA) is 281 Å². The first-order chi connectivity index (χ1) is 32.5. The highest BCUT2D eigenvalue weighted by Crippen LogP contribution is 2.34. The average molecular weight is 1100 g/mol. The van der Waals surface area contributed by atoms with Gasteiger partial charge in [0.25, 0.3) is 5.69 Å². The van der Waals surface area contributed by atoms with Crippen LogP contribution in [-0.2, 0) is 40.9 Å². The number of methoxy groups -OCH3 is 2. The molecule has 5 N–H and O–H groups in total. The molecule has 4 aromatic rings. The summed E-state index contributed by atoms with van der Waals surface area (Å²) < 4.78 is 25.2. The van der Waals surface area contributed by atoms with Crippen LogP contribution in [0.25, 0.3) is 0 Å². The fraction of sp³-hybridized carbons (Fsp3) is 0.455. The fourth-order valence-electron chi connectivity index (χ4n) is 5.30. The molecular formula is C44H63Cl4N8O12PS. The fourth-order valence-corrected chi connectivity index (χ4v) is 6.43. The molecular weight excluding hydrogens is 1040 g/mol. The molecule has 0 aliphatic carbocycles. The van der Waals surface area contributed by atoms with Crippen LogP contribution >= 0.6 is 54.0 Å². The van der Waals surface area contributed by atoms with Crippen molar-refractivity contribution in [3.63, 3.8) is 0 Å². The Labute approximate surface area is 432 Å². The Hall–Kier alpha value is -4.54. The Balaban J connectivity index is 0.000000911. The SMILES string of the molecule is CCNc1nc(Cl)nc(NC(C)(C)C)n1.CCc1cccc(C)c1N(C(=O)CCl)C(C)COC.COC(=O)c1cc(Oc2ccc(Cl)cc2Cl)ccc1[N+](=O)[O-].C[S+](C)C.O=C(O)CNCP(=O)([O-])O. The minimum atomic E-state index is -4.35. The van der Waals surface area contributed by atoms with Crippen LogP contribution < -0.4 is 30.5 Å². The summed E-state index contributed by atoms with van der Waals surface area (Å²) in [6, 6.07) is 14.4. The van der Waals surface area contributed by atoms with Crippen molar-refractivity contribution in [3.05, 3.63) is 96.7 Å². The Morgan fingerprint density at radius 2 is 1.60 bits per heavy atom. The lowest BCUT2D eigenvalue weighted by Crippen LogP contribution is -2.43. The standard InChI is InChI=1S/C15H22ClNO2.C14H9Cl2NO5.C9H16ClN5.C3H8NO5P.C3H9S/c1-5-13-8-6-7-11(2)15(13)17(14(18)9-16)12(3)10-19-4;1-21-14(18)10-7-9(3-4-12(10)17(19)20)22-13-5-2-8(15)6-11(13)16;1-5-11-7-12-6(10)13-8(14-7)15-9(2,3)4;5-3(6)1-4-2-10(7,8)9;1-4(2)3/h6-8,12H,5,9-10H2,1-4H3;2-7H,1H3;5H2,1-4H3,(H2,11,12,13,14,15);4H,1-2H2,(H,5,6)(H2,7,8,9);1-3H3/q;;;;+1/p-1. The second-order valence-corrected chi connectivity index (χ2v) is 21.2. The molecule has 0 saturated heterocycles. The molecule has 70 heavy (non-hydrogen) atoms. The lowest BCUT2D eigenvalue weighted by Gasteiger charge is -2.31. The van der Waals surface area contributed by atoms with Gasteiger partial charge in [-0.05, 0) is 106 Å². The number of anilines is 3. The number of benzene rings is 3. The Morgan fingerprint density at radius 3 is 2.09 bits per heavy atom. The molecule has 0 spiro atoms. The molecule has 26 heteroatoms. The number of nitrogens with one attached hydrogen (secondary N) is 3. The number of aliphatic carboxylic acids is 1. The van der Waals surface area contributed by atoms with Gasteiger partial charge in [-0.25, -0.2) is 4.79 Å². The van der Waals surface area contributed by atoms with Crippen molar-refractivity contribution in [1.82, 2.24) is 20.3 Å². The molecule has 2 unspecified atom stereocenters. The number of nitro groups is 1. The van der Waals surface area contributed by atoms with E-state index < -0.39 is 37.3 Å². The molecule has 1 aromatic heterocycles. The number of carboxylic acid groups (broad SMARTS) is 1. The van der Waals surface area contributed by atoms with Crippen LogP contribution in [-0.4, -0.2) is 124 Å². The van der Waals surface area contributed by atoms with Crippen LogP contribution in [0.3, 0.4) is 0 Å². The molecule has 20 nitrogen and oxygen atoms in total. The number of amides is 1. The molecule has 0 aliphatic heterocycles. The summed E-state index contributed by atoms with van der Waals surface area (Å²) in [4.78, 5) is 75.7. The Kier molecular flexibility index (Phi) is 31.0. The van der Waals surface area contributed by atoms with Gasteiger partial charge in [0, 0.05) is 36.3 Å². The molecule has 4 rings (SSSR count).